The number of piperidine rings is 1. The molecule has 1 N–H and O–H groups in total. The Morgan fingerprint density at radius 1 is 1.03 bits per heavy atom. The van der Waals surface area contributed by atoms with Crippen molar-refractivity contribution >= 4 is 11.8 Å². The molecular formula is C24H26F2N2O3. The second kappa shape index (κ2) is 9.14. The molecule has 7 heteroatoms. The fourth-order valence-corrected chi connectivity index (χ4v) is 4.51. The van der Waals surface area contributed by atoms with Crippen molar-refractivity contribution in [1.82, 2.24) is 10.2 Å². The molecule has 2 amide bonds. The normalized spacial score (nSPS) is 20.5. The average molecular weight is 428 g/mol. The quantitative estimate of drug-likeness (QED) is 0.806. The van der Waals surface area contributed by atoms with Crippen LogP contribution in [0, 0.1) is 17.6 Å². The van der Waals surface area contributed by atoms with Crippen molar-refractivity contribution in [2.75, 3.05) is 26.2 Å². The standard InChI is InChI=1S/C24H26F2N2O3/c25-20-7-6-19(14-21(20)26)23(30)28-11-9-24(10-12-28)15-17(8-13-31-24)16-27-22(29)18-4-2-1-3-5-18/h1-7,14,17H,8-13,15-16H2,(H,27,29). The lowest BCUT2D eigenvalue weighted by Gasteiger charge is -2.46. The summed E-state index contributed by atoms with van der Waals surface area (Å²) in [5.41, 5.74) is 0.500. The molecule has 2 fully saturated rings. The van der Waals surface area contributed by atoms with Gasteiger partial charge in [-0.1, -0.05) is 18.2 Å². The number of amides is 2. The first-order valence-electron chi connectivity index (χ1n) is 10.7. The maximum atomic E-state index is 13.5. The number of nitrogens with one attached hydrogen (secondary N) is 1. The molecule has 2 saturated heterocycles. The lowest BCUT2D eigenvalue weighted by Crippen LogP contribution is -2.51. The molecule has 2 aromatic rings. The summed E-state index contributed by atoms with van der Waals surface area (Å²) in [7, 11) is 0. The highest BCUT2D eigenvalue weighted by molar-refractivity contribution is 5.94. The molecule has 164 valence electrons. The molecule has 4 rings (SSSR count). The summed E-state index contributed by atoms with van der Waals surface area (Å²) in [6.07, 6.45) is 3.08. The average Bonchev–Trinajstić information content (AvgIpc) is 2.80. The van der Waals surface area contributed by atoms with Crippen LogP contribution >= 0.6 is 0 Å². The molecule has 0 bridgehead atoms. The first-order chi connectivity index (χ1) is 15.0. The summed E-state index contributed by atoms with van der Waals surface area (Å²) in [4.78, 5) is 26.6. The summed E-state index contributed by atoms with van der Waals surface area (Å²) in [6.45, 7) is 2.22. The number of carbonyl (C=O) groups excluding carboxylic acids is 2. The van der Waals surface area contributed by atoms with E-state index in [2.05, 4.69) is 5.32 Å². The van der Waals surface area contributed by atoms with Crippen molar-refractivity contribution in [2.45, 2.75) is 31.3 Å². The molecule has 31 heavy (non-hydrogen) atoms. The third kappa shape index (κ3) is 4.93. The molecule has 1 unspecified atom stereocenters. The van der Waals surface area contributed by atoms with Gasteiger partial charge in [-0.05, 0) is 61.9 Å². The van der Waals surface area contributed by atoms with Gasteiger partial charge in [0, 0.05) is 37.4 Å². The first-order valence-corrected chi connectivity index (χ1v) is 10.7. The predicted octanol–water partition coefficient (Wildman–Crippen LogP) is 3.80. The highest BCUT2D eigenvalue weighted by Crippen LogP contribution is 2.37. The van der Waals surface area contributed by atoms with Crippen LogP contribution in [-0.4, -0.2) is 48.6 Å². The number of halogens is 2. The molecule has 5 nitrogen and oxygen atoms in total. The van der Waals surface area contributed by atoms with Crippen molar-refractivity contribution in [3.63, 3.8) is 0 Å². The van der Waals surface area contributed by atoms with Gasteiger partial charge in [-0.3, -0.25) is 9.59 Å². The van der Waals surface area contributed by atoms with Gasteiger partial charge >= 0.3 is 0 Å². The zero-order valence-corrected chi connectivity index (χ0v) is 17.3. The maximum Gasteiger partial charge on any atom is 0.253 e. The second-order valence-corrected chi connectivity index (χ2v) is 8.39. The number of carbonyl (C=O) groups is 2. The van der Waals surface area contributed by atoms with Gasteiger partial charge in [0.2, 0.25) is 0 Å². The third-order valence-electron chi connectivity index (χ3n) is 6.31. The second-order valence-electron chi connectivity index (χ2n) is 8.39. The van der Waals surface area contributed by atoms with Crippen molar-refractivity contribution < 1.29 is 23.1 Å². The van der Waals surface area contributed by atoms with Crippen LogP contribution in [0.5, 0.6) is 0 Å². The lowest BCUT2D eigenvalue weighted by molar-refractivity contribution is -0.122. The SMILES string of the molecule is O=C(NCC1CCOC2(CCN(C(=O)c3ccc(F)c(F)c3)CC2)C1)c1ccccc1. The van der Waals surface area contributed by atoms with E-state index >= 15 is 0 Å². The third-order valence-corrected chi connectivity index (χ3v) is 6.31. The molecule has 1 spiro atoms. The van der Waals surface area contributed by atoms with Crippen LogP contribution in [0.15, 0.2) is 48.5 Å². The topological polar surface area (TPSA) is 58.6 Å². The van der Waals surface area contributed by atoms with Crippen LogP contribution in [0.4, 0.5) is 8.78 Å². The van der Waals surface area contributed by atoms with Gasteiger partial charge < -0.3 is 15.0 Å². The van der Waals surface area contributed by atoms with Crippen LogP contribution in [0.2, 0.25) is 0 Å². The van der Waals surface area contributed by atoms with E-state index < -0.39 is 11.6 Å². The van der Waals surface area contributed by atoms with E-state index in [1.165, 1.54) is 6.07 Å². The minimum atomic E-state index is -1.02. The molecule has 2 heterocycles. The Kier molecular flexibility index (Phi) is 6.32. The van der Waals surface area contributed by atoms with Crippen molar-refractivity contribution in [2.24, 2.45) is 5.92 Å². The molecular weight excluding hydrogens is 402 g/mol. The Labute approximate surface area is 180 Å². The van der Waals surface area contributed by atoms with E-state index in [1.54, 1.807) is 17.0 Å². The Hall–Kier alpha value is -2.80. The van der Waals surface area contributed by atoms with Crippen LogP contribution in [0.1, 0.15) is 46.4 Å². The monoisotopic (exact) mass is 428 g/mol. The van der Waals surface area contributed by atoms with E-state index in [4.69, 9.17) is 4.74 Å². The molecule has 2 aliphatic rings. The first kappa shape index (κ1) is 21.4. The molecule has 2 aromatic carbocycles. The minimum Gasteiger partial charge on any atom is -0.375 e. The fourth-order valence-electron chi connectivity index (χ4n) is 4.51. The van der Waals surface area contributed by atoms with Crippen LogP contribution in [-0.2, 0) is 4.74 Å². The molecule has 0 radical (unpaired) electrons. The van der Waals surface area contributed by atoms with Crippen molar-refractivity contribution in [1.29, 1.82) is 0 Å². The van der Waals surface area contributed by atoms with Gasteiger partial charge in [0.1, 0.15) is 0 Å². The summed E-state index contributed by atoms with van der Waals surface area (Å²) < 4.78 is 32.8. The van der Waals surface area contributed by atoms with E-state index in [0.717, 1.165) is 25.0 Å². The number of rotatable bonds is 4. The van der Waals surface area contributed by atoms with E-state index in [9.17, 15) is 18.4 Å². The van der Waals surface area contributed by atoms with E-state index in [1.807, 2.05) is 18.2 Å². The molecule has 2 aliphatic heterocycles. The summed E-state index contributed by atoms with van der Waals surface area (Å²) in [5.74, 6) is -2.04. The number of benzene rings is 2. The molecule has 0 saturated carbocycles. The Morgan fingerprint density at radius 2 is 1.77 bits per heavy atom. The van der Waals surface area contributed by atoms with Gasteiger partial charge in [0.15, 0.2) is 11.6 Å². The lowest BCUT2D eigenvalue weighted by atomic mass is 9.79. The highest BCUT2D eigenvalue weighted by Gasteiger charge is 2.41. The van der Waals surface area contributed by atoms with Gasteiger partial charge in [-0.2, -0.15) is 0 Å². The molecule has 0 aromatic heterocycles. The maximum absolute atomic E-state index is 13.5. The van der Waals surface area contributed by atoms with Gasteiger partial charge in [0.25, 0.3) is 11.8 Å². The van der Waals surface area contributed by atoms with Gasteiger partial charge in [0.05, 0.1) is 5.60 Å². The summed E-state index contributed by atoms with van der Waals surface area (Å²) in [6, 6.07) is 12.4. The van der Waals surface area contributed by atoms with E-state index in [-0.39, 0.29) is 23.0 Å². The Bertz CT molecular complexity index is 943. The van der Waals surface area contributed by atoms with Gasteiger partial charge in [-0.25, -0.2) is 8.78 Å². The van der Waals surface area contributed by atoms with Crippen LogP contribution in [0.3, 0.4) is 0 Å². The Balaban J connectivity index is 1.31. The largest absolute Gasteiger partial charge is 0.375 e. The summed E-state index contributed by atoms with van der Waals surface area (Å²) >= 11 is 0. The van der Waals surface area contributed by atoms with Crippen LogP contribution < -0.4 is 5.32 Å². The fraction of sp³-hybridized carbons (Fsp3) is 0.417. The predicted molar refractivity (Wildman–Crippen MR) is 112 cm³/mol. The number of hydrogen-bond donors (Lipinski definition) is 1. The zero-order chi connectivity index (χ0) is 21.8. The van der Waals surface area contributed by atoms with Gasteiger partial charge in [-0.15, -0.1) is 0 Å². The molecule has 0 aliphatic carbocycles. The number of hydrogen-bond acceptors (Lipinski definition) is 3. The number of nitrogens with zero attached hydrogens (tertiary/aromatic N) is 1. The number of ether oxygens (including phenoxy) is 1. The van der Waals surface area contributed by atoms with Crippen molar-refractivity contribution in [3.8, 4) is 0 Å². The van der Waals surface area contributed by atoms with Crippen molar-refractivity contribution in [3.05, 3.63) is 71.3 Å². The summed E-state index contributed by atoms with van der Waals surface area (Å²) in [5, 5.41) is 3.02. The highest BCUT2D eigenvalue weighted by atomic mass is 19.2. The molecule has 1 atom stereocenters. The van der Waals surface area contributed by atoms with Crippen LogP contribution in [0.25, 0.3) is 0 Å². The smallest absolute Gasteiger partial charge is 0.253 e. The minimum absolute atomic E-state index is 0.0758. The number of likely N-dealkylation sites (tertiary alicyclic amines) is 1. The van der Waals surface area contributed by atoms with E-state index in [0.29, 0.717) is 50.6 Å². The zero-order valence-electron chi connectivity index (χ0n) is 17.3. The Morgan fingerprint density at radius 3 is 2.48 bits per heavy atom.